The fourth-order valence-corrected chi connectivity index (χ4v) is 2.64. The second kappa shape index (κ2) is 6.06. The molecular weight excluding hydrogens is 272 g/mol. The number of rotatable bonds is 4. The summed E-state index contributed by atoms with van der Waals surface area (Å²) in [6.45, 7) is 4.68. The highest BCUT2D eigenvalue weighted by atomic mass is 16.5. The van der Waals surface area contributed by atoms with Crippen LogP contribution in [-0.4, -0.2) is 18.6 Å². The summed E-state index contributed by atoms with van der Waals surface area (Å²) in [7, 11) is 2.08. The predicted octanol–water partition coefficient (Wildman–Crippen LogP) is 4.71. The summed E-state index contributed by atoms with van der Waals surface area (Å²) in [5, 5.41) is 1.10. The molecule has 3 heteroatoms. The summed E-state index contributed by atoms with van der Waals surface area (Å²) in [5.41, 5.74) is 4.28. The molecule has 112 valence electrons. The molecule has 3 nitrogen and oxygen atoms in total. The molecule has 0 aliphatic carbocycles. The highest BCUT2D eigenvalue weighted by Crippen LogP contribution is 2.33. The van der Waals surface area contributed by atoms with Gasteiger partial charge >= 0.3 is 0 Å². The van der Waals surface area contributed by atoms with E-state index in [4.69, 9.17) is 4.74 Å². The van der Waals surface area contributed by atoms with Crippen molar-refractivity contribution in [3.8, 4) is 5.75 Å². The van der Waals surface area contributed by atoms with E-state index < -0.39 is 0 Å². The second-order valence-corrected chi connectivity index (χ2v) is 5.29. The van der Waals surface area contributed by atoms with E-state index in [2.05, 4.69) is 41.2 Å². The maximum Gasteiger partial charge on any atom is 0.120 e. The van der Waals surface area contributed by atoms with Crippen molar-refractivity contribution < 1.29 is 4.74 Å². The van der Waals surface area contributed by atoms with E-state index in [0.29, 0.717) is 6.61 Å². The second-order valence-electron chi connectivity index (χ2n) is 5.29. The van der Waals surface area contributed by atoms with Crippen LogP contribution >= 0.6 is 0 Å². The van der Waals surface area contributed by atoms with Gasteiger partial charge in [-0.25, -0.2) is 0 Å². The topological polar surface area (TPSA) is 25.4 Å². The lowest BCUT2D eigenvalue weighted by molar-refractivity contribution is 0.340. The number of anilines is 2. The Bertz CT molecular complexity index is 784. The monoisotopic (exact) mass is 292 g/mol. The average Bonchev–Trinajstić information content (AvgIpc) is 2.55. The molecule has 0 saturated heterocycles. The van der Waals surface area contributed by atoms with Crippen molar-refractivity contribution in [2.75, 3.05) is 18.6 Å². The van der Waals surface area contributed by atoms with Gasteiger partial charge in [0.25, 0.3) is 0 Å². The number of para-hydroxylation sites is 1. The zero-order valence-corrected chi connectivity index (χ0v) is 13.2. The van der Waals surface area contributed by atoms with Crippen molar-refractivity contribution in [2.24, 2.45) is 0 Å². The number of pyridine rings is 1. The van der Waals surface area contributed by atoms with Gasteiger partial charge < -0.3 is 9.64 Å². The Morgan fingerprint density at radius 3 is 2.55 bits per heavy atom. The van der Waals surface area contributed by atoms with E-state index in [1.807, 2.05) is 44.2 Å². The summed E-state index contributed by atoms with van der Waals surface area (Å²) in [6.07, 6.45) is 0. The first-order valence-electron chi connectivity index (χ1n) is 7.52. The Morgan fingerprint density at radius 2 is 1.82 bits per heavy atom. The van der Waals surface area contributed by atoms with E-state index >= 15 is 0 Å². The Hall–Kier alpha value is -2.55. The Labute approximate surface area is 131 Å². The Balaban J connectivity index is 2.16. The van der Waals surface area contributed by atoms with Crippen LogP contribution in [0.25, 0.3) is 10.9 Å². The zero-order chi connectivity index (χ0) is 15.5. The number of benzene rings is 2. The third-order valence-corrected chi connectivity index (χ3v) is 3.70. The van der Waals surface area contributed by atoms with Crippen molar-refractivity contribution >= 4 is 22.3 Å². The molecule has 22 heavy (non-hydrogen) atoms. The highest BCUT2D eigenvalue weighted by molar-refractivity contribution is 5.94. The van der Waals surface area contributed by atoms with Crippen LogP contribution in [0.2, 0.25) is 0 Å². The van der Waals surface area contributed by atoms with Gasteiger partial charge in [0.1, 0.15) is 5.75 Å². The van der Waals surface area contributed by atoms with Gasteiger partial charge in [0.05, 0.1) is 17.8 Å². The first-order valence-corrected chi connectivity index (χ1v) is 7.52. The minimum absolute atomic E-state index is 0.661. The SMILES string of the molecule is CCOc1ccc2nc(C)cc(N(C)c3ccccc3)c2c1. The van der Waals surface area contributed by atoms with Gasteiger partial charge in [-0.3, -0.25) is 4.98 Å². The highest BCUT2D eigenvalue weighted by Gasteiger charge is 2.11. The standard InChI is InChI=1S/C19H20N2O/c1-4-22-16-10-11-18-17(13-16)19(12-14(2)20-18)21(3)15-8-6-5-7-9-15/h5-13H,4H2,1-3H3. The Morgan fingerprint density at radius 1 is 1.05 bits per heavy atom. The summed E-state index contributed by atoms with van der Waals surface area (Å²) < 4.78 is 5.64. The van der Waals surface area contributed by atoms with Gasteiger partial charge in [-0.2, -0.15) is 0 Å². The molecule has 0 aliphatic heterocycles. The van der Waals surface area contributed by atoms with Crippen LogP contribution in [-0.2, 0) is 0 Å². The number of hydrogen-bond donors (Lipinski definition) is 0. The fraction of sp³-hybridized carbons (Fsp3) is 0.211. The molecule has 0 N–H and O–H groups in total. The lowest BCUT2D eigenvalue weighted by Crippen LogP contribution is -2.10. The molecular formula is C19H20N2O. The van der Waals surface area contributed by atoms with E-state index in [1.54, 1.807) is 0 Å². The lowest BCUT2D eigenvalue weighted by atomic mass is 10.1. The largest absolute Gasteiger partial charge is 0.494 e. The van der Waals surface area contributed by atoms with Crippen LogP contribution in [0.4, 0.5) is 11.4 Å². The van der Waals surface area contributed by atoms with Crippen molar-refractivity contribution in [3.63, 3.8) is 0 Å². The fourth-order valence-electron chi connectivity index (χ4n) is 2.64. The molecule has 0 unspecified atom stereocenters. The van der Waals surface area contributed by atoms with Gasteiger partial charge in [-0.1, -0.05) is 18.2 Å². The molecule has 0 saturated carbocycles. The van der Waals surface area contributed by atoms with Crippen LogP contribution < -0.4 is 9.64 Å². The maximum atomic E-state index is 5.64. The number of nitrogens with zero attached hydrogens (tertiary/aromatic N) is 2. The average molecular weight is 292 g/mol. The predicted molar refractivity (Wildman–Crippen MR) is 92.2 cm³/mol. The molecule has 0 atom stereocenters. The molecule has 0 bridgehead atoms. The van der Waals surface area contributed by atoms with Crippen LogP contribution in [0.5, 0.6) is 5.75 Å². The Kier molecular flexibility index (Phi) is 3.96. The molecule has 3 rings (SSSR count). The van der Waals surface area contributed by atoms with Crippen molar-refractivity contribution in [3.05, 3.63) is 60.3 Å². The molecule has 1 aromatic heterocycles. The van der Waals surface area contributed by atoms with Crippen molar-refractivity contribution in [2.45, 2.75) is 13.8 Å². The van der Waals surface area contributed by atoms with Gasteiger partial charge in [0, 0.05) is 23.8 Å². The first-order chi connectivity index (χ1) is 10.7. The normalized spacial score (nSPS) is 10.7. The number of aryl methyl sites for hydroxylation is 1. The van der Waals surface area contributed by atoms with Gasteiger partial charge in [0.2, 0.25) is 0 Å². The third kappa shape index (κ3) is 2.75. The molecule has 1 heterocycles. The summed E-state index contributed by atoms with van der Waals surface area (Å²) in [6, 6.07) is 18.5. The van der Waals surface area contributed by atoms with Crippen molar-refractivity contribution in [1.29, 1.82) is 0 Å². The van der Waals surface area contributed by atoms with Crippen LogP contribution in [0.1, 0.15) is 12.6 Å². The van der Waals surface area contributed by atoms with Crippen LogP contribution in [0.3, 0.4) is 0 Å². The minimum Gasteiger partial charge on any atom is -0.494 e. The van der Waals surface area contributed by atoms with Gasteiger partial charge in [-0.15, -0.1) is 0 Å². The van der Waals surface area contributed by atoms with E-state index in [0.717, 1.165) is 33.7 Å². The quantitative estimate of drug-likeness (QED) is 0.696. The zero-order valence-electron chi connectivity index (χ0n) is 13.2. The van der Waals surface area contributed by atoms with E-state index in [1.165, 1.54) is 0 Å². The molecule has 0 fully saturated rings. The molecule has 3 aromatic rings. The van der Waals surface area contributed by atoms with Gasteiger partial charge in [-0.05, 0) is 50.2 Å². The molecule has 0 amide bonds. The van der Waals surface area contributed by atoms with Gasteiger partial charge in [0.15, 0.2) is 0 Å². The molecule has 2 aromatic carbocycles. The van der Waals surface area contributed by atoms with Crippen LogP contribution in [0.15, 0.2) is 54.6 Å². The first kappa shape index (κ1) is 14.4. The van der Waals surface area contributed by atoms with Crippen molar-refractivity contribution in [1.82, 2.24) is 4.98 Å². The maximum absolute atomic E-state index is 5.64. The number of ether oxygens (including phenoxy) is 1. The third-order valence-electron chi connectivity index (χ3n) is 3.70. The molecule has 0 spiro atoms. The summed E-state index contributed by atoms with van der Waals surface area (Å²) in [5.74, 6) is 0.878. The number of fused-ring (bicyclic) bond motifs is 1. The number of hydrogen-bond acceptors (Lipinski definition) is 3. The lowest BCUT2D eigenvalue weighted by Gasteiger charge is -2.22. The smallest absolute Gasteiger partial charge is 0.120 e. The molecule has 0 aliphatic rings. The van der Waals surface area contributed by atoms with E-state index in [-0.39, 0.29) is 0 Å². The van der Waals surface area contributed by atoms with E-state index in [9.17, 15) is 0 Å². The molecule has 0 radical (unpaired) electrons. The van der Waals surface area contributed by atoms with Crippen LogP contribution in [0, 0.1) is 6.92 Å². The minimum atomic E-state index is 0.661. The summed E-state index contributed by atoms with van der Waals surface area (Å²) in [4.78, 5) is 6.82. The summed E-state index contributed by atoms with van der Waals surface area (Å²) >= 11 is 0. The number of aromatic nitrogens is 1.